The number of benzene rings is 1. The summed E-state index contributed by atoms with van der Waals surface area (Å²) in [5.41, 5.74) is 8.45. The van der Waals surface area contributed by atoms with E-state index in [1.54, 1.807) is 0 Å². The summed E-state index contributed by atoms with van der Waals surface area (Å²) in [5, 5.41) is 19.8. The highest BCUT2D eigenvalue weighted by molar-refractivity contribution is 6.02. The maximum atomic E-state index is 11.3. The summed E-state index contributed by atoms with van der Waals surface area (Å²) in [6, 6.07) is 8.24. The number of hydrogen-bond donors (Lipinski definition) is 2. The van der Waals surface area contributed by atoms with E-state index in [9.17, 15) is 15.2 Å². The number of nitrogens with one attached hydrogen (secondary N) is 1. The van der Waals surface area contributed by atoms with Crippen LogP contribution in [-0.4, -0.2) is 32.6 Å². The van der Waals surface area contributed by atoms with Crippen LogP contribution < -0.4 is 0 Å². The summed E-state index contributed by atoms with van der Waals surface area (Å²) < 4.78 is 0. The summed E-state index contributed by atoms with van der Waals surface area (Å²) in [7, 11) is 0. The second kappa shape index (κ2) is 6.13. The minimum absolute atomic E-state index is 0.398. The number of carboxylic acid groups (broad SMARTS) is 1. The van der Waals surface area contributed by atoms with Gasteiger partial charge in [-0.3, -0.25) is 0 Å². The lowest BCUT2D eigenvalue weighted by molar-refractivity contribution is 0.140. The van der Waals surface area contributed by atoms with E-state index in [4.69, 9.17) is 0 Å². The number of aromatic amines is 1. The minimum Gasteiger partial charge on any atom is -0.465 e. The summed E-state index contributed by atoms with van der Waals surface area (Å²) >= 11 is 0. The number of rotatable bonds is 1. The van der Waals surface area contributed by atoms with Crippen LogP contribution in [0.1, 0.15) is 33.8 Å². The van der Waals surface area contributed by atoms with Crippen LogP contribution in [0.15, 0.2) is 18.2 Å². The Morgan fingerprint density at radius 3 is 2.81 bits per heavy atom. The van der Waals surface area contributed by atoms with Crippen LogP contribution in [0.4, 0.5) is 4.79 Å². The van der Waals surface area contributed by atoms with Crippen molar-refractivity contribution < 1.29 is 9.90 Å². The molecule has 6 heteroatoms. The average Bonchev–Trinajstić information content (AvgIpc) is 2.95. The predicted molar refractivity (Wildman–Crippen MR) is 103 cm³/mol. The van der Waals surface area contributed by atoms with Gasteiger partial charge in [-0.15, -0.1) is 0 Å². The van der Waals surface area contributed by atoms with Crippen LogP contribution in [-0.2, 0) is 13.0 Å². The molecule has 0 unspecified atom stereocenters. The Labute approximate surface area is 157 Å². The molecule has 6 nitrogen and oxygen atoms in total. The number of aryl methyl sites for hydroxylation is 3. The summed E-state index contributed by atoms with van der Waals surface area (Å²) in [6.07, 6.45) is -0.219. The molecule has 1 aliphatic heterocycles. The highest BCUT2D eigenvalue weighted by Gasteiger charge is 2.25. The van der Waals surface area contributed by atoms with Crippen molar-refractivity contribution in [1.29, 1.82) is 5.26 Å². The molecule has 0 bridgehead atoms. The summed E-state index contributed by atoms with van der Waals surface area (Å²) in [6.45, 7) is 6.87. The Morgan fingerprint density at radius 2 is 2.11 bits per heavy atom. The Kier molecular flexibility index (Phi) is 3.88. The Balaban J connectivity index is 2.00. The van der Waals surface area contributed by atoms with Gasteiger partial charge in [-0.05, 0) is 49.4 Å². The molecule has 0 spiro atoms. The van der Waals surface area contributed by atoms with Gasteiger partial charge in [0, 0.05) is 35.4 Å². The predicted octanol–water partition coefficient (Wildman–Crippen LogP) is 4.06. The van der Waals surface area contributed by atoms with Gasteiger partial charge in [0.2, 0.25) is 0 Å². The van der Waals surface area contributed by atoms with Crippen molar-refractivity contribution in [3.8, 4) is 17.2 Å². The molecule has 1 aliphatic rings. The van der Waals surface area contributed by atoms with E-state index in [1.807, 2.05) is 26.0 Å². The highest BCUT2D eigenvalue weighted by Crippen LogP contribution is 2.39. The number of nitriles is 1. The second-order valence-corrected chi connectivity index (χ2v) is 7.06. The topological polar surface area (TPSA) is 93.0 Å². The van der Waals surface area contributed by atoms with Crippen LogP contribution in [0.3, 0.4) is 0 Å². The summed E-state index contributed by atoms with van der Waals surface area (Å²) in [5.74, 6) is 0. The van der Waals surface area contributed by atoms with Crippen LogP contribution in [0.5, 0.6) is 0 Å². The first-order chi connectivity index (χ1) is 12.9. The Morgan fingerprint density at radius 1 is 1.33 bits per heavy atom. The number of nitrogens with zero attached hydrogens (tertiary/aromatic N) is 3. The standard InChI is InChI=1S/C21H20N4O2/c1-11-12(2)24-20-17(9-22)23-13(3)19(18(11)20)16-6-4-5-14-10-25(21(26)27)8-7-15(14)16/h4-6,24H,7-8,10H2,1-3H3,(H,26,27). The van der Waals surface area contributed by atoms with E-state index < -0.39 is 6.09 Å². The third-order valence-electron chi connectivity index (χ3n) is 5.54. The molecule has 1 amide bonds. The van der Waals surface area contributed by atoms with E-state index >= 15 is 0 Å². The van der Waals surface area contributed by atoms with Gasteiger partial charge >= 0.3 is 6.09 Å². The van der Waals surface area contributed by atoms with Gasteiger partial charge in [-0.2, -0.15) is 5.26 Å². The maximum absolute atomic E-state index is 11.3. The van der Waals surface area contributed by atoms with Gasteiger partial charge in [0.15, 0.2) is 5.69 Å². The molecular formula is C21H20N4O2. The van der Waals surface area contributed by atoms with Crippen LogP contribution in [0.25, 0.3) is 22.0 Å². The lowest BCUT2D eigenvalue weighted by Crippen LogP contribution is -2.34. The number of carbonyl (C=O) groups is 1. The van der Waals surface area contributed by atoms with Crippen LogP contribution in [0.2, 0.25) is 0 Å². The number of H-pyrrole nitrogens is 1. The molecule has 3 heterocycles. The van der Waals surface area contributed by atoms with E-state index in [0.717, 1.165) is 44.5 Å². The van der Waals surface area contributed by atoms with Gasteiger partial charge in [0.25, 0.3) is 0 Å². The first kappa shape index (κ1) is 17.1. The molecule has 4 rings (SSSR count). The molecule has 2 aromatic heterocycles. The lowest BCUT2D eigenvalue weighted by Gasteiger charge is -2.28. The number of hydrogen-bond acceptors (Lipinski definition) is 3. The minimum atomic E-state index is -0.887. The molecule has 1 aromatic carbocycles. The van der Waals surface area contributed by atoms with E-state index in [1.165, 1.54) is 10.5 Å². The van der Waals surface area contributed by atoms with Gasteiger partial charge < -0.3 is 15.0 Å². The fourth-order valence-corrected chi connectivity index (χ4v) is 4.09. The molecule has 0 saturated carbocycles. The van der Waals surface area contributed by atoms with Crippen molar-refractivity contribution in [1.82, 2.24) is 14.9 Å². The fraction of sp³-hybridized carbons (Fsp3) is 0.286. The zero-order chi connectivity index (χ0) is 19.3. The zero-order valence-electron chi connectivity index (χ0n) is 15.6. The van der Waals surface area contributed by atoms with Crippen molar-refractivity contribution in [2.24, 2.45) is 0 Å². The smallest absolute Gasteiger partial charge is 0.407 e. The molecule has 0 radical (unpaired) electrons. The third kappa shape index (κ3) is 2.55. The number of amides is 1. The van der Waals surface area contributed by atoms with Crippen molar-refractivity contribution in [2.45, 2.75) is 33.7 Å². The highest BCUT2D eigenvalue weighted by atomic mass is 16.4. The quantitative estimate of drug-likeness (QED) is 0.684. The fourth-order valence-electron chi connectivity index (χ4n) is 4.09. The van der Waals surface area contributed by atoms with Crippen molar-refractivity contribution in [3.63, 3.8) is 0 Å². The molecular weight excluding hydrogens is 340 g/mol. The number of aromatic nitrogens is 2. The van der Waals surface area contributed by atoms with Crippen LogP contribution in [0, 0.1) is 32.1 Å². The largest absolute Gasteiger partial charge is 0.465 e. The molecule has 0 aliphatic carbocycles. The molecule has 0 fully saturated rings. The molecule has 136 valence electrons. The van der Waals surface area contributed by atoms with Gasteiger partial charge in [0.05, 0.1) is 5.52 Å². The first-order valence-electron chi connectivity index (χ1n) is 8.91. The first-order valence-corrected chi connectivity index (χ1v) is 8.91. The monoisotopic (exact) mass is 360 g/mol. The van der Waals surface area contributed by atoms with Gasteiger partial charge in [-0.25, -0.2) is 9.78 Å². The normalized spacial score (nSPS) is 13.5. The molecule has 0 saturated heterocycles. The number of fused-ring (bicyclic) bond motifs is 2. The average molecular weight is 360 g/mol. The Bertz CT molecular complexity index is 1140. The third-order valence-corrected chi connectivity index (χ3v) is 5.54. The van der Waals surface area contributed by atoms with Crippen molar-refractivity contribution in [2.75, 3.05) is 6.54 Å². The second-order valence-electron chi connectivity index (χ2n) is 7.06. The van der Waals surface area contributed by atoms with Crippen molar-refractivity contribution >= 4 is 17.0 Å². The summed E-state index contributed by atoms with van der Waals surface area (Å²) in [4.78, 5) is 20.6. The maximum Gasteiger partial charge on any atom is 0.407 e. The molecule has 27 heavy (non-hydrogen) atoms. The van der Waals surface area contributed by atoms with Crippen LogP contribution >= 0.6 is 0 Å². The van der Waals surface area contributed by atoms with E-state index in [2.05, 4.69) is 29.0 Å². The molecule has 0 atom stereocenters. The SMILES string of the molecule is Cc1nc(C#N)c2[nH]c(C)c(C)c2c1-c1cccc2c1CCN(C(=O)O)C2. The number of pyridine rings is 1. The van der Waals surface area contributed by atoms with Gasteiger partial charge in [-0.1, -0.05) is 18.2 Å². The van der Waals surface area contributed by atoms with Crippen molar-refractivity contribution in [3.05, 3.63) is 52.0 Å². The zero-order valence-corrected chi connectivity index (χ0v) is 15.6. The lowest BCUT2D eigenvalue weighted by atomic mass is 9.88. The Hall–Kier alpha value is -3.33. The molecule has 3 aromatic rings. The van der Waals surface area contributed by atoms with Gasteiger partial charge in [0.1, 0.15) is 6.07 Å². The van der Waals surface area contributed by atoms with E-state index in [0.29, 0.717) is 25.2 Å². The molecule has 2 N–H and O–H groups in total. The van der Waals surface area contributed by atoms with E-state index in [-0.39, 0.29) is 0 Å².